The average Bonchev–Trinajstić information content (AvgIpc) is 2.68. The number of carbonyl (C=O) groups is 1. The zero-order chi connectivity index (χ0) is 22.8. The van der Waals surface area contributed by atoms with Crippen LogP contribution in [0.5, 0.6) is 0 Å². The molecule has 2 N–H and O–H groups in total. The number of anilines is 3. The molecule has 1 amide bonds. The van der Waals surface area contributed by atoms with Crippen molar-refractivity contribution in [2.45, 2.75) is 19.3 Å². The van der Waals surface area contributed by atoms with Crippen molar-refractivity contribution in [2.75, 3.05) is 10.6 Å². The topological polar surface area (TPSA) is 66.9 Å². The van der Waals surface area contributed by atoms with Gasteiger partial charge in [-0.2, -0.15) is 26.3 Å². The number of nitrogens with one attached hydrogen (secondary N) is 2. The Kier molecular flexibility index (Phi) is 5.87. The van der Waals surface area contributed by atoms with E-state index >= 15 is 0 Å². The van der Waals surface area contributed by atoms with Crippen molar-refractivity contribution in [3.8, 4) is 0 Å². The fourth-order valence-corrected chi connectivity index (χ4v) is 2.60. The Labute approximate surface area is 172 Å². The molecule has 5 nitrogen and oxygen atoms in total. The first kappa shape index (κ1) is 22.1. The van der Waals surface area contributed by atoms with Gasteiger partial charge in [0.25, 0.3) is 5.91 Å². The molecule has 0 spiro atoms. The summed E-state index contributed by atoms with van der Waals surface area (Å²) in [5, 5.41) is 5.28. The molecule has 0 unspecified atom stereocenters. The maximum atomic E-state index is 13.0. The first-order chi connectivity index (χ1) is 14.4. The highest BCUT2D eigenvalue weighted by molar-refractivity contribution is 6.04. The molecule has 162 valence electrons. The van der Waals surface area contributed by atoms with Crippen molar-refractivity contribution in [2.24, 2.45) is 0 Å². The third-order valence-corrected chi connectivity index (χ3v) is 4.07. The molecule has 0 fully saturated rings. The second-order valence-electron chi connectivity index (χ2n) is 6.50. The molecule has 0 aliphatic carbocycles. The summed E-state index contributed by atoms with van der Waals surface area (Å²) in [6.45, 7) is 1.78. The van der Waals surface area contributed by atoms with Crippen LogP contribution in [-0.4, -0.2) is 15.9 Å². The molecule has 1 heterocycles. The first-order valence-corrected chi connectivity index (χ1v) is 8.68. The SMILES string of the molecule is Cc1cc(Nc2ccc(NC(=O)c3cc(C(F)(F)F)cc(C(F)(F)F)c3)cc2)ncn1. The second-order valence-corrected chi connectivity index (χ2v) is 6.50. The highest BCUT2D eigenvalue weighted by atomic mass is 19.4. The third kappa shape index (κ3) is 5.71. The van der Waals surface area contributed by atoms with Crippen molar-refractivity contribution in [1.29, 1.82) is 0 Å². The second kappa shape index (κ2) is 8.25. The Balaban J connectivity index is 1.79. The van der Waals surface area contributed by atoms with E-state index in [0.717, 1.165) is 5.69 Å². The van der Waals surface area contributed by atoms with Gasteiger partial charge in [0.2, 0.25) is 0 Å². The predicted molar refractivity (Wildman–Crippen MR) is 101 cm³/mol. The number of benzene rings is 2. The normalized spacial score (nSPS) is 11.8. The Morgan fingerprint density at radius 3 is 1.87 bits per heavy atom. The standard InChI is InChI=1S/C20H14F6N4O/c1-11-6-17(28-10-27-11)29-15-2-4-16(5-3-15)30-18(31)12-7-13(19(21,22)23)9-14(8-12)20(24,25)26/h2-10H,1H3,(H,30,31)(H,27,28,29). The number of rotatable bonds is 4. The van der Waals surface area contributed by atoms with Crippen LogP contribution in [0.15, 0.2) is 54.9 Å². The monoisotopic (exact) mass is 440 g/mol. The van der Waals surface area contributed by atoms with Gasteiger partial charge in [0.1, 0.15) is 12.1 Å². The number of alkyl halides is 6. The summed E-state index contributed by atoms with van der Waals surface area (Å²) < 4.78 is 77.8. The molecule has 0 saturated carbocycles. The summed E-state index contributed by atoms with van der Waals surface area (Å²) in [6, 6.07) is 8.39. The molecule has 11 heteroatoms. The van der Waals surface area contributed by atoms with Crippen molar-refractivity contribution < 1.29 is 31.1 Å². The minimum absolute atomic E-state index is 0.0356. The lowest BCUT2D eigenvalue weighted by Crippen LogP contribution is -2.17. The van der Waals surface area contributed by atoms with E-state index in [1.807, 2.05) is 0 Å². The summed E-state index contributed by atoms with van der Waals surface area (Å²) >= 11 is 0. The van der Waals surface area contributed by atoms with E-state index in [0.29, 0.717) is 23.6 Å². The number of hydrogen-bond acceptors (Lipinski definition) is 4. The molecule has 0 aliphatic rings. The van der Waals surface area contributed by atoms with E-state index in [9.17, 15) is 31.1 Å². The molecule has 2 aromatic carbocycles. The van der Waals surface area contributed by atoms with Gasteiger partial charge in [0.05, 0.1) is 11.1 Å². The number of aryl methyl sites for hydroxylation is 1. The number of hydrogen-bond donors (Lipinski definition) is 2. The maximum Gasteiger partial charge on any atom is 0.416 e. The van der Waals surface area contributed by atoms with Crippen LogP contribution in [0.1, 0.15) is 27.2 Å². The van der Waals surface area contributed by atoms with Gasteiger partial charge in [-0.1, -0.05) is 0 Å². The number of amides is 1. The minimum Gasteiger partial charge on any atom is -0.340 e. The van der Waals surface area contributed by atoms with Gasteiger partial charge >= 0.3 is 12.4 Å². The largest absolute Gasteiger partial charge is 0.416 e. The Bertz CT molecular complexity index is 1060. The smallest absolute Gasteiger partial charge is 0.340 e. The van der Waals surface area contributed by atoms with Crippen LogP contribution in [0.4, 0.5) is 43.5 Å². The number of aromatic nitrogens is 2. The number of carbonyl (C=O) groups excluding carboxylic acids is 1. The molecular weight excluding hydrogens is 426 g/mol. The van der Waals surface area contributed by atoms with E-state index in [2.05, 4.69) is 20.6 Å². The van der Waals surface area contributed by atoms with Gasteiger partial charge in [-0.05, 0) is 49.4 Å². The minimum atomic E-state index is -5.04. The van der Waals surface area contributed by atoms with Gasteiger partial charge in [0, 0.05) is 28.7 Å². The van der Waals surface area contributed by atoms with E-state index in [1.54, 1.807) is 25.1 Å². The Hall–Kier alpha value is -3.63. The molecule has 31 heavy (non-hydrogen) atoms. The highest BCUT2D eigenvalue weighted by Gasteiger charge is 2.37. The van der Waals surface area contributed by atoms with Crippen molar-refractivity contribution in [3.63, 3.8) is 0 Å². The molecule has 0 atom stereocenters. The Morgan fingerprint density at radius 2 is 1.35 bits per heavy atom. The lowest BCUT2D eigenvalue weighted by molar-refractivity contribution is -0.143. The number of nitrogens with zero attached hydrogens (tertiary/aromatic N) is 2. The van der Waals surface area contributed by atoms with Crippen LogP contribution in [0.2, 0.25) is 0 Å². The van der Waals surface area contributed by atoms with Gasteiger partial charge < -0.3 is 10.6 Å². The zero-order valence-electron chi connectivity index (χ0n) is 15.8. The first-order valence-electron chi connectivity index (χ1n) is 8.68. The molecule has 3 rings (SSSR count). The summed E-state index contributed by atoms with van der Waals surface area (Å²) in [4.78, 5) is 20.3. The quantitative estimate of drug-likeness (QED) is 0.502. The lowest BCUT2D eigenvalue weighted by Gasteiger charge is -2.14. The molecule has 0 aliphatic heterocycles. The molecule has 1 aromatic heterocycles. The molecule has 3 aromatic rings. The summed E-state index contributed by atoms with van der Waals surface area (Å²) in [5.41, 5.74) is -2.38. The highest BCUT2D eigenvalue weighted by Crippen LogP contribution is 2.36. The van der Waals surface area contributed by atoms with E-state index in [1.165, 1.54) is 18.5 Å². The van der Waals surface area contributed by atoms with Gasteiger partial charge in [0.15, 0.2) is 0 Å². The average molecular weight is 440 g/mol. The molecule has 0 bridgehead atoms. The predicted octanol–water partition coefficient (Wildman–Crippen LogP) is 5.82. The maximum absolute atomic E-state index is 13.0. The van der Waals surface area contributed by atoms with Gasteiger partial charge in [-0.3, -0.25) is 4.79 Å². The van der Waals surface area contributed by atoms with Crippen LogP contribution >= 0.6 is 0 Å². The van der Waals surface area contributed by atoms with E-state index in [4.69, 9.17) is 0 Å². The van der Waals surface area contributed by atoms with Crippen LogP contribution < -0.4 is 10.6 Å². The molecule has 0 radical (unpaired) electrons. The van der Waals surface area contributed by atoms with E-state index in [-0.39, 0.29) is 11.8 Å². The molecule has 0 saturated heterocycles. The fraction of sp³-hybridized carbons (Fsp3) is 0.150. The van der Waals surface area contributed by atoms with Crippen LogP contribution in [0.3, 0.4) is 0 Å². The summed E-state index contributed by atoms with van der Waals surface area (Å²) in [7, 11) is 0. The van der Waals surface area contributed by atoms with Crippen LogP contribution in [0, 0.1) is 6.92 Å². The van der Waals surface area contributed by atoms with E-state index < -0.39 is 35.0 Å². The number of halogens is 6. The van der Waals surface area contributed by atoms with Gasteiger partial charge in [-0.15, -0.1) is 0 Å². The van der Waals surface area contributed by atoms with Crippen molar-refractivity contribution in [3.05, 3.63) is 77.2 Å². The summed E-state index contributed by atoms with van der Waals surface area (Å²) in [5.74, 6) is -0.586. The van der Waals surface area contributed by atoms with Crippen molar-refractivity contribution in [1.82, 2.24) is 9.97 Å². The van der Waals surface area contributed by atoms with Crippen LogP contribution in [0.25, 0.3) is 0 Å². The van der Waals surface area contributed by atoms with Gasteiger partial charge in [-0.25, -0.2) is 9.97 Å². The lowest BCUT2D eigenvalue weighted by atomic mass is 10.0. The zero-order valence-corrected chi connectivity index (χ0v) is 15.8. The Morgan fingerprint density at radius 1 is 0.806 bits per heavy atom. The van der Waals surface area contributed by atoms with Crippen LogP contribution in [-0.2, 0) is 12.4 Å². The third-order valence-electron chi connectivity index (χ3n) is 4.07. The fourth-order valence-electron chi connectivity index (χ4n) is 2.60. The van der Waals surface area contributed by atoms with Crippen molar-refractivity contribution >= 4 is 23.1 Å². The molecular formula is C20H14F6N4O. The summed E-state index contributed by atoms with van der Waals surface area (Å²) in [6.07, 6.45) is -8.71.